The van der Waals surface area contributed by atoms with Crippen molar-refractivity contribution in [1.82, 2.24) is 19.9 Å². The molecule has 4 aliphatic heterocycles. The van der Waals surface area contributed by atoms with Crippen molar-refractivity contribution >= 4 is 69.1 Å². The molecule has 5 aromatic carbocycles. The van der Waals surface area contributed by atoms with Crippen LogP contribution < -0.4 is 40.2 Å². The molecule has 12 bridgehead atoms. The molecule has 12 rings (SSSR count). The van der Waals surface area contributed by atoms with Crippen LogP contribution in [0.2, 0.25) is 0 Å². The van der Waals surface area contributed by atoms with Crippen molar-refractivity contribution < 1.29 is 18.9 Å². The molecule has 0 saturated carbocycles. The van der Waals surface area contributed by atoms with Gasteiger partial charge in [0.1, 0.15) is 26.4 Å². The minimum atomic E-state index is 0.334. The fourth-order valence-electron chi connectivity index (χ4n) is 10.1. The third-order valence-corrected chi connectivity index (χ3v) is 13.2. The molecule has 0 saturated heterocycles. The van der Waals surface area contributed by atoms with Crippen molar-refractivity contribution in [2.75, 3.05) is 73.9 Å². The highest BCUT2D eigenvalue weighted by Gasteiger charge is 2.24. The molecule has 344 valence electrons. The molecular weight excluding hydrogens is 873 g/mol. The molecule has 0 aliphatic carbocycles. The molecule has 7 heterocycles. The highest BCUT2D eigenvalue weighted by Crippen LogP contribution is 2.44. The molecule has 8 aromatic rings. The van der Waals surface area contributed by atoms with E-state index in [4.69, 9.17) is 28.9 Å². The average Bonchev–Trinajstić information content (AvgIpc) is 4.25. The van der Waals surface area contributed by atoms with Crippen molar-refractivity contribution in [3.05, 3.63) is 156 Å². The maximum atomic E-state index is 6.63. The summed E-state index contributed by atoms with van der Waals surface area (Å²) < 4.78 is 26.5. The van der Waals surface area contributed by atoms with Gasteiger partial charge in [-0.25, -0.2) is 9.97 Å². The van der Waals surface area contributed by atoms with Gasteiger partial charge in [-0.1, -0.05) is 72.8 Å². The number of aromatic nitrogens is 4. The molecular formula is C58H48N8O4. The van der Waals surface area contributed by atoms with Gasteiger partial charge in [-0.15, -0.1) is 0 Å². The van der Waals surface area contributed by atoms with E-state index in [0.717, 1.165) is 112 Å². The summed E-state index contributed by atoms with van der Waals surface area (Å²) in [5.74, 6) is 2.21. The zero-order valence-electron chi connectivity index (χ0n) is 38.2. The van der Waals surface area contributed by atoms with E-state index in [9.17, 15) is 0 Å². The average molecular weight is 921 g/mol. The van der Waals surface area contributed by atoms with E-state index in [-0.39, 0.29) is 0 Å². The molecule has 12 heteroatoms. The number of aromatic amines is 2. The Morgan fingerprint density at radius 2 is 0.571 bits per heavy atom. The number of nitrogens with zero attached hydrogens (tertiary/aromatic N) is 2. The summed E-state index contributed by atoms with van der Waals surface area (Å²) in [5, 5.41) is 14.9. The fraction of sp³-hybridized carbons (Fsp3) is 0.138. The lowest BCUT2D eigenvalue weighted by molar-refractivity contribution is 0.260. The molecule has 0 amide bonds. The van der Waals surface area contributed by atoms with E-state index in [1.165, 1.54) is 0 Å². The maximum Gasteiger partial charge on any atom is 0.165 e. The van der Waals surface area contributed by atoms with Crippen LogP contribution in [0.15, 0.2) is 133 Å². The fourth-order valence-corrected chi connectivity index (χ4v) is 10.1. The van der Waals surface area contributed by atoms with E-state index in [2.05, 4.69) is 177 Å². The summed E-state index contributed by atoms with van der Waals surface area (Å²) in [5.41, 5.74) is 18.3. The van der Waals surface area contributed by atoms with E-state index >= 15 is 0 Å². The lowest BCUT2D eigenvalue weighted by atomic mass is 10.0. The largest absolute Gasteiger partial charge is 0.488 e. The zero-order valence-corrected chi connectivity index (χ0v) is 38.2. The van der Waals surface area contributed by atoms with E-state index in [1.807, 2.05) is 12.1 Å². The van der Waals surface area contributed by atoms with Gasteiger partial charge in [-0.2, -0.15) is 0 Å². The van der Waals surface area contributed by atoms with E-state index in [1.54, 1.807) is 0 Å². The van der Waals surface area contributed by atoms with Gasteiger partial charge in [0.15, 0.2) is 23.0 Å². The van der Waals surface area contributed by atoms with Crippen molar-refractivity contribution in [2.45, 2.75) is 0 Å². The number of rotatable bonds is 0. The first-order valence-electron chi connectivity index (χ1n) is 23.9. The second kappa shape index (κ2) is 17.6. The first-order valence-corrected chi connectivity index (χ1v) is 23.9. The minimum absolute atomic E-state index is 0.334. The third kappa shape index (κ3) is 7.50. The number of benzene rings is 5. The van der Waals surface area contributed by atoms with Gasteiger partial charge < -0.3 is 50.2 Å². The van der Waals surface area contributed by atoms with Crippen LogP contribution in [0.25, 0.3) is 90.9 Å². The smallest absolute Gasteiger partial charge is 0.165 e. The highest BCUT2D eigenvalue weighted by atomic mass is 16.5. The van der Waals surface area contributed by atoms with Crippen LogP contribution in [0.3, 0.4) is 0 Å². The second-order valence-corrected chi connectivity index (χ2v) is 17.5. The van der Waals surface area contributed by atoms with Gasteiger partial charge in [0.2, 0.25) is 0 Å². The molecule has 70 heavy (non-hydrogen) atoms. The first kappa shape index (κ1) is 41.3. The van der Waals surface area contributed by atoms with Crippen molar-refractivity contribution in [3.8, 4) is 67.5 Å². The summed E-state index contributed by atoms with van der Waals surface area (Å²) in [4.78, 5) is 19.1. The minimum Gasteiger partial charge on any atom is -0.488 e. The number of fused-ring (bicyclic) bond motifs is 18. The van der Waals surface area contributed by atoms with Gasteiger partial charge >= 0.3 is 0 Å². The van der Waals surface area contributed by atoms with Gasteiger partial charge in [0.25, 0.3) is 0 Å². The van der Waals surface area contributed by atoms with Gasteiger partial charge in [0, 0.05) is 128 Å². The monoisotopic (exact) mass is 920 g/mol. The Kier molecular flexibility index (Phi) is 10.4. The number of H-pyrrole nitrogens is 2. The molecule has 0 unspecified atom stereocenters. The topological polar surface area (TPSA) is 142 Å². The van der Waals surface area contributed by atoms with E-state index in [0.29, 0.717) is 75.6 Å². The Morgan fingerprint density at radius 1 is 0.314 bits per heavy atom. The molecule has 0 radical (unpaired) electrons. The second-order valence-electron chi connectivity index (χ2n) is 17.5. The number of ether oxygens (including phenoxy) is 4. The zero-order chi connectivity index (χ0) is 46.4. The molecule has 6 N–H and O–H groups in total. The summed E-state index contributed by atoms with van der Waals surface area (Å²) in [6.07, 6.45) is 8.55. The number of hydrogen-bond acceptors (Lipinski definition) is 10. The van der Waals surface area contributed by atoms with Crippen LogP contribution in [-0.4, -0.2) is 72.5 Å². The van der Waals surface area contributed by atoms with Crippen LogP contribution in [0, 0.1) is 0 Å². The lowest BCUT2D eigenvalue weighted by Gasteiger charge is -2.20. The van der Waals surface area contributed by atoms with Crippen LogP contribution in [0.5, 0.6) is 23.0 Å². The summed E-state index contributed by atoms with van der Waals surface area (Å²) >= 11 is 0. The van der Waals surface area contributed by atoms with Gasteiger partial charge in [-0.3, -0.25) is 0 Å². The molecule has 0 atom stereocenters. The summed E-state index contributed by atoms with van der Waals surface area (Å²) in [7, 11) is 0. The van der Waals surface area contributed by atoms with Crippen LogP contribution in [0.1, 0.15) is 22.8 Å². The molecule has 4 aliphatic rings. The van der Waals surface area contributed by atoms with Crippen molar-refractivity contribution in [3.63, 3.8) is 0 Å². The Labute approximate surface area is 404 Å². The van der Waals surface area contributed by atoms with Crippen LogP contribution in [-0.2, 0) is 0 Å². The quantitative estimate of drug-likeness (QED) is 0.0870. The standard InChI is InChI=1S/C58H48N8O4/c1-5-13-39-35(9-1)55-43-17-18-44(63-43)56-36-10-2-6-14-40(36)60-26-30-68-52-34-54-53(33-51(52)67-29-25-59-39)69-31-27-61-41-15-7-3-11-37(41)57(48-22-21-47(55)65-48)45-19-20-46(64-45)58(50-24-23-49(56)66-50)38-12-4-8-16-42(38)62-28-32-70-54/h1-24,33-34,59-64H,25-32H2. The van der Waals surface area contributed by atoms with Crippen LogP contribution >= 0.6 is 0 Å². The van der Waals surface area contributed by atoms with Gasteiger partial charge in [0.05, 0.1) is 22.8 Å². The molecule has 3 aromatic heterocycles. The van der Waals surface area contributed by atoms with Crippen LogP contribution in [0.4, 0.5) is 22.7 Å². The van der Waals surface area contributed by atoms with E-state index < -0.39 is 0 Å². The maximum absolute atomic E-state index is 6.63. The normalized spacial score (nSPS) is 14.6. The number of nitrogens with one attached hydrogen (secondary N) is 6. The number of hydrogen-bond donors (Lipinski definition) is 6. The Morgan fingerprint density at radius 3 is 0.843 bits per heavy atom. The Hall–Kier alpha value is -8.90. The highest BCUT2D eigenvalue weighted by molar-refractivity contribution is 6.03. The Balaban J connectivity index is 1.23. The van der Waals surface area contributed by atoms with Gasteiger partial charge in [-0.05, 0) is 72.8 Å². The Bertz CT molecular complexity index is 3150. The molecule has 0 spiro atoms. The number of para-hydroxylation sites is 4. The SMILES string of the molecule is C1=Cc2nc1c1c3ccc([nH]3)c3c4nc(c5c6ccc([nH]6)c2-c2ccccc2NCCOc2cc(c(cc2OCCNc2ccccc2-5)OCCNc2ccccc2-3)OCCNc2ccccc2-1)C=C4. The molecule has 0 fully saturated rings. The predicted octanol–water partition coefficient (Wildman–Crippen LogP) is 12.2. The first-order chi connectivity index (χ1) is 34.7. The summed E-state index contributed by atoms with van der Waals surface area (Å²) in [6.45, 7) is 3.31. The van der Waals surface area contributed by atoms with Crippen molar-refractivity contribution in [2.24, 2.45) is 0 Å². The van der Waals surface area contributed by atoms with Crippen molar-refractivity contribution in [1.29, 1.82) is 0 Å². The predicted molar refractivity (Wildman–Crippen MR) is 283 cm³/mol. The third-order valence-electron chi connectivity index (χ3n) is 13.2. The summed E-state index contributed by atoms with van der Waals surface area (Å²) in [6, 6.07) is 46.0. The number of anilines is 4. The lowest BCUT2D eigenvalue weighted by Crippen LogP contribution is -2.17. The molecule has 12 nitrogen and oxygen atoms in total.